The van der Waals surface area contributed by atoms with Crippen molar-refractivity contribution in [1.29, 1.82) is 0 Å². The molecule has 0 fully saturated rings. The number of ether oxygens (including phenoxy) is 1. The highest BCUT2D eigenvalue weighted by molar-refractivity contribution is 5.84. The average Bonchev–Trinajstić information content (AvgIpc) is 2.65. The van der Waals surface area contributed by atoms with Crippen LogP contribution in [0.5, 0.6) is 0 Å². The molecule has 0 saturated carbocycles. The van der Waals surface area contributed by atoms with Crippen LogP contribution in [-0.2, 0) is 4.74 Å². The summed E-state index contributed by atoms with van der Waals surface area (Å²) in [5, 5.41) is 3.52. The van der Waals surface area contributed by atoms with Gasteiger partial charge < -0.3 is 15.0 Å². The maximum atomic E-state index is 11.2. The van der Waals surface area contributed by atoms with Crippen molar-refractivity contribution in [2.45, 2.75) is 32.7 Å². The van der Waals surface area contributed by atoms with E-state index < -0.39 is 5.97 Å². The van der Waals surface area contributed by atoms with Crippen LogP contribution in [0, 0.1) is 0 Å². The van der Waals surface area contributed by atoms with E-state index >= 15 is 0 Å². The highest BCUT2D eigenvalue weighted by Crippen LogP contribution is 2.15. The fraction of sp³-hybridized carbons (Fsp3) is 0.667. The minimum atomic E-state index is -0.579. The lowest BCUT2D eigenvalue weighted by Gasteiger charge is -2.09. The standard InChI is InChI=1S/C9H15N3O3/c1-4-14-9(13)7-11-8(15-12-7)5(2)6(3)10/h5-6H,4,10H2,1-3H3. The van der Waals surface area contributed by atoms with Gasteiger partial charge in [0.2, 0.25) is 5.89 Å². The summed E-state index contributed by atoms with van der Waals surface area (Å²) in [7, 11) is 0. The van der Waals surface area contributed by atoms with Crippen molar-refractivity contribution >= 4 is 5.97 Å². The highest BCUT2D eigenvalue weighted by atomic mass is 16.5. The quantitative estimate of drug-likeness (QED) is 0.740. The van der Waals surface area contributed by atoms with Crippen LogP contribution < -0.4 is 5.73 Å². The summed E-state index contributed by atoms with van der Waals surface area (Å²) < 4.78 is 9.64. The van der Waals surface area contributed by atoms with Gasteiger partial charge in [-0.1, -0.05) is 6.92 Å². The van der Waals surface area contributed by atoms with Gasteiger partial charge >= 0.3 is 5.97 Å². The van der Waals surface area contributed by atoms with E-state index in [0.717, 1.165) is 0 Å². The van der Waals surface area contributed by atoms with Gasteiger partial charge in [-0.3, -0.25) is 0 Å². The SMILES string of the molecule is CCOC(=O)c1noc(C(C)C(C)N)n1. The third-order valence-electron chi connectivity index (χ3n) is 2.08. The first kappa shape index (κ1) is 11.6. The zero-order valence-corrected chi connectivity index (χ0v) is 9.06. The van der Waals surface area contributed by atoms with Crippen LogP contribution in [0.4, 0.5) is 0 Å². The largest absolute Gasteiger partial charge is 0.460 e. The predicted octanol–water partition coefficient (Wildman–Crippen LogP) is 0.697. The van der Waals surface area contributed by atoms with Gasteiger partial charge in [-0.05, 0) is 19.0 Å². The van der Waals surface area contributed by atoms with Gasteiger partial charge in [-0.2, -0.15) is 4.98 Å². The van der Waals surface area contributed by atoms with E-state index in [0.29, 0.717) is 5.89 Å². The number of carbonyl (C=O) groups is 1. The fourth-order valence-electron chi connectivity index (χ4n) is 0.924. The van der Waals surface area contributed by atoms with Crippen molar-refractivity contribution < 1.29 is 14.1 Å². The number of hydrogen-bond acceptors (Lipinski definition) is 6. The molecule has 0 amide bonds. The molecule has 15 heavy (non-hydrogen) atoms. The Bertz CT molecular complexity index is 335. The van der Waals surface area contributed by atoms with Gasteiger partial charge in [0, 0.05) is 6.04 Å². The molecule has 0 aromatic carbocycles. The minimum Gasteiger partial charge on any atom is -0.460 e. The van der Waals surface area contributed by atoms with Crippen molar-refractivity contribution in [3.63, 3.8) is 0 Å². The maximum Gasteiger partial charge on any atom is 0.379 e. The summed E-state index contributed by atoms with van der Waals surface area (Å²) in [6.07, 6.45) is 0. The highest BCUT2D eigenvalue weighted by Gasteiger charge is 2.21. The fourth-order valence-corrected chi connectivity index (χ4v) is 0.924. The van der Waals surface area contributed by atoms with E-state index in [1.165, 1.54) is 0 Å². The lowest BCUT2D eigenvalue weighted by atomic mass is 10.1. The number of rotatable bonds is 4. The Kier molecular flexibility index (Phi) is 3.79. The van der Waals surface area contributed by atoms with Crippen molar-refractivity contribution in [3.05, 3.63) is 11.7 Å². The maximum absolute atomic E-state index is 11.2. The molecule has 0 radical (unpaired) electrons. The zero-order valence-electron chi connectivity index (χ0n) is 9.06. The van der Waals surface area contributed by atoms with Crippen LogP contribution >= 0.6 is 0 Å². The first-order valence-corrected chi connectivity index (χ1v) is 4.82. The Hall–Kier alpha value is -1.43. The Labute approximate surface area is 87.8 Å². The second-order valence-electron chi connectivity index (χ2n) is 3.32. The summed E-state index contributed by atoms with van der Waals surface area (Å²) in [5.74, 6) is -0.363. The van der Waals surface area contributed by atoms with Gasteiger partial charge in [0.05, 0.1) is 12.5 Å². The summed E-state index contributed by atoms with van der Waals surface area (Å²) in [6, 6.07) is -0.111. The molecular formula is C9H15N3O3. The van der Waals surface area contributed by atoms with E-state index in [9.17, 15) is 4.79 Å². The predicted molar refractivity (Wildman–Crippen MR) is 52.3 cm³/mol. The lowest BCUT2D eigenvalue weighted by Crippen LogP contribution is -2.22. The van der Waals surface area contributed by atoms with Gasteiger partial charge in [-0.25, -0.2) is 4.79 Å². The van der Waals surface area contributed by atoms with E-state index in [-0.39, 0.29) is 24.4 Å². The average molecular weight is 213 g/mol. The first-order valence-electron chi connectivity index (χ1n) is 4.82. The molecule has 2 N–H and O–H groups in total. The molecule has 0 aliphatic heterocycles. The van der Waals surface area contributed by atoms with Gasteiger partial charge in [0.1, 0.15) is 0 Å². The summed E-state index contributed by atoms with van der Waals surface area (Å²) in [5.41, 5.74) is 5.67. The molecular weight excluding hydrogens is 198 g/mol. The van der Waals surface area contributed by atoms with Crippen molar-refractivity contribution in [3.8, 4) is 0 Å². The molecule has 0 bridgehead atoms. The monoisotopic (exact) mass is 213 g/mol. The van der Waals surface area contributed by atoms with Gasteiger partial charge in [-0.15, -0.1) is 0 Å². The van der Waals surface area contributed by atoms with Crippen LogP contribution in [0.3, 0.4) is 0 Å². The number of nitrogens with zero attached hydrogens (tertiary/aromatic N) is 2. The molecule has 0 aliphatic rings. The van der Waals surface area contributed by atoms with Crippen LogP contribution in [-0.4, -0.2) is 28.8 Å². The second kappa shape index (κ2) is 4.88. The van der Waals surface area contributed by atoms with E-state index in [2.05, 4.69) is 10.1 Å². The van der Waals surface area contributed by atoms with Crippen LogP contribution in [0.2, 0.25) is 0 Å². The Balaban J connectivity index is 2.76. The van der Waals surface area contributed by atoms with E-state index in [1.54, 1.807) is 6.92 Å². The number of nitrogens with two attached hydrogens (primary N) is 1. The summed E-state index contributed by atoms with van der Waals surface area (Å²) >= 11 is 0. The van der Waals surface area contributed by atoms with Crippen molar-refractivity contribution in [2.24, 2.45) is 5.73 Å². The van der Waals surface area contributed by atoms with E-state index in [1.807, 2.05) is 13.8 Å². The second-order valence-corrected chi connectivity index (χ2v) is 3.32. The molecule has 0 spiro atoms. The number of carbonyl (C=O) groups excluding carboxylic acids is 1. The van der Waals surface area contributed by atoms with Gasteiger partial charge in [0.25, 0.3) is 5.82 Å². The normalized spacial score (nSPS) is 14.7. The Morgan fingerprint density at radius 2 is 2.27 bits per heavy atom. The van der Waals surface area contributed by atoms with E-state index in [4.69, 9.17) is 15.0 Å². The Morgan fingerprint density at radius 1 is 1.60 bits per heavy atom. The molecule has 1 rings (SSSR count). The number of hydrogen-bond donors (Lipinski definition) is 1. The minimum absolute atomic E-state index is 0.0562. The van der Waals surface area contributed by atoms with Gasteiger partial charge in [0.15, 0.2) is 0 Å². The number of esters is 1. The Morgan fingerprint density at radius 3 is 2.80 bits per heavy atom. The van der Waals surface area contributed by atoms with Crippen LogP contribution in [0.1, 0.15) is 43.2 Å². The van der Waals surface area contributed by atoms with Crippen molar-refractivity contribution in [2.75, 3.05) is 6.61 Å². The zero-order chi connectivity index (χ0) is 11.4. The molecule has 1 heterocycles. The van der Waals surface area contributed by atoms with Crippen LogP contribution in [0.15, 0.2) is 4.52 Å². The molecule has 84 valence electrons. The molecule has 1 aromatic heterocycles. The first-order chi connectivity index (χ1) is 7.06. The third-order valence-corrected chi connectivity index (χ3v) is 2.08. The smallest absolute Gasteiger partial charge is 0.379 e. The molecule has 6 nitrogen and oxygen atoms in total. The molecule has 0 aliphatic carbocycles. The number of aromatic nitrogens is 2. The summed E-state index contributed by atoms with van der Waals surface area (Å²) in [4.78, 5) is 15.1. The molecule has 2 unspecified atom stereocenters. The van der Waals surface area contributed by atoms with Crippen LogP contribution in [0.25, 0.3) is 0 Å². The topological polar surface area (TPSA) is 91.2 Å². The van der Waals surface area contributed by atoms with Crippen molar-refractivity contribution in [1.82, 2.24) is 10.1 Å². The molecule has 2 atom stereocenters. The molecule has 6 heteroatoms. The lowest BCUT2D eigenvalue weighted by molar-refractivity contribution is 0.0508. The molecule has 0 saturated heterocycles. The summed E-state index contributed by atoms with van der Waals surface area (Å²) in [6.45, 7) is 5.68. The molecule has 1 aromatic rings. The third kappa shape index (κ3) is 2.76.